The molecule has 1 amide bonds. The molecule has 0 aliphatic carbocycles. The molecule has 0 spiro atoms. The number of carbonyl (C=O) groups is 1. The molecule has 1 aromatic carbocycles. The fourth-order valence-corrected chi connectivity index (χ4v) is 3.64. The predicted octanol–water partition coefficient (Wildman–Crippen LogP) is 1.84. The lowest BCUT2D eigenvalue weighted by atomic mass is 9.79. The molecular weight excluding hydrogens is 357 g/mol. The second-order valence-electron chi connectivity index (χ2n) is 8.75. The summed E-state index contributed by atoms with van der Waals surface area (Å²) in [7, 11) is 1.45. The molecule has 3 heterocycles. The highest BCUT2D eigenvalue weighted by atomic mass is 16.7. The van der Waals surface area contributed by atoms with Gasteiger partial charge in [0.2, 0.25) is 11.8 Å². The second-order valence-corrected chi connectivity index (χ2v) is 8.75. The van der Waals surface area contributed by atoms with Crippen LogP contribution in [-0.4, -0.2) is 53.7 Å². The Bertz CT molecular complexity index is 879. The number of amides is 1. The standard InChI is InChI=1S/C20H28BN3O4/c1-19(2)20(3,4)28-21(27-19)13-6-8-16-15(10-13)23-17(26-16)12-22-11-14-7-9-18(25)24(14)5/h6,8,10,14,22H,7,9,11-12H2,1-5H3/t14-/m0/s1. The van der Waals surface area contributed by atoms with E-state index < -0.39 is 7.12 Å². The Morgan fingerprint density at radius 1 is 1.25 bits per heavy atom. The number of likely N-dealkylation sites (N-methyl/N-ethyl adjacent to an activating group) is 1. The maximum atomic E-state index is 11.6. The largest absolute Gasteiger partial charge is 0.494 e. The fraction of sp³-hybridized carbons (Fsp3) is 0.600. The van der Waals surface area contributed by atoms with Crippen molar-refractivity contribution in [3.05, 3.63) is 24.1 Å². The van der Waals surface area contributed by atoms with Gasteiger partial charge < -0.3 is 23.9 Å². The highest BCUT2D eigenvalue weighted by molar-refractivity contribution is 6.62. The minimum atomic E-state index is -0.414. The Balaban J connectivity index is 1.42. The fourth-order valence-electron chi connectivity index (χ4n) is 3.64. The number of carbonyl (C=O) groups excluding carboxylic acids is 1. The molecule has 2 aliphatic heterocycles. The van der Waals surface area contributed by atoms with Gasteiger partial charge >= 0.3 is 7.12 Å². The third kappa shape index (κ3) is 3.45. The average Bonchev–Trinajstić information content (AvgIpc) is 3.23. The summed E-state index contributed by atoms with van der Waals surface area (Å²) in [6, 6.07) is 6.09. The van der Waals surface area contributed by atoms with E-state index in [0.717, 1.165) is 29.5 Å². The van der Waals surface area contributed by atoms with Crippen molar-refractivity contribution in [2.24, 2.45) is 0 Å². The zero-order valence-corrected chi connectivity index (χ0v) is 17.2. The summed E-state index contributed by atoms with van der Waals surface area (Å²) < 4.78 is 18.1. The van der Waals surface area contributed by atoms with E-state index in [9.17, 15) is 4.79 Å². The lowest BCUT2D eigenvalue weighted by molar-refractivity contribution is -0.127. The number of nitrogens with zero attached hydrogens (tertiary/aromatic N) is 2. The third-order valence-electron chi connectivity index (χ3n) is 6.27. The number of oxazole rings is 1. The van der Waals surface area contributed by atoms with Gasteiger partial charge in [0.15, 0.2) is 5.58 Å². The third-order valence-corrected chi connectivity index (χ3v) is 6.27. The molecule has 1 atom stereocenters. The van der Waals surface area contributed by atoms with Crippen molar-refractivity contribution in [2.45, 2.75) is 64.3 Å². The highest BCUT2D eigenvalue weighted by Crippen LogP contribution is 2.36. The molecule has 1 aromatic heterocycles. The van der Waals surface area contributed by atoms with Crippen molar-refractivity contribution in [2.75, 3.05) is 13.6 Å². The van der Waals surface area contributed by atoms with Crippen LogP contribution in [0.1, 0.15) is 46.4 Å². The van der Waals surface area contributed by atoms with E-state index in [4.69, 9.17) is 13.7 Å². The van der Waals surface area contributed by atoms with Gasteiger partial charge in [-0.05, 0) is 51.7 Å². The van der Waals surface area contributed by atoms with E-state index in [1.54, 1.807) is 0 Å². The van der Waals surface area contributed by atoms with E-state index in [0.29, 0.717) is 18.9 Å². The smallest absolute Gasteiger partial charge is 0.439 e. The molecule has 1 N–H and O–H groups in total. The number of likely N-dealkylation sites (tertiary alicyclic amines) is 1. The summed E-state index contributed by atoms with van der Waals surface area (Å²) >= 11 is 0. The predicted molar refractivity (Wildman–Crippen MR) is 107 cm³/mol. The van der Waals surface area contributed by atoms with Crippen LogP contribution >= 0.6 is 0 Å². The summed E-state index contributed by atoms with van der Waals surface area (Å²) in [6.07, 6.45) is 1.53. The highest BCUT2D eigenvalue weighted by Gasteiger charge is 2.51. The summed E-state index contributed by atoms with van der Waals surface area (Å²) in [5.41, 5.74) is 1.72. The second kappa shape index (κ2) is 6.86. The topological polar surface area (TPSA) is 76.8 Å². The van der Waals surface area contributed by atoms with E-state index in [1.165, 1.54) is 0 Å². The van der Waals surface area contributed by atoms with Crippen molar-refractivity contribution in [1.82, 2.24) is 15.2 Å². The Morgan fingerprint density at radius 3 is 2.61 bits per heavy atom. The van der Waals surface area contributed by atoms with Gasteiger partial charge in [-0.15, -0.1) is 0 Å². The van der Waals surface area contributed by atoms with Crippen LogP contribution in [0.2, 0.25) is 0 Å². The molecule has 0 saturated carbocycles. The van der Waals surface area contributed by atoms with Gasteiger partial charge in [0.1, 0.15) is 5.52 Å². The van der Waals surface area contributed by atoms with Crippen molar-refractivity contribution < 1.29 is 18.5 Å². The minimum Gasteiger partial charge on any atom is -0.439 e. The number of hydrogen-bond acceptors (Lipinski definition) is 6. The first-order chi connectivity index (χ1) is 13.2. The molecule has 28 heavy (non-hydrogen) atoms. The Morgan fingerprint density at radius 2 is 1.96 bits per heavy atom. The normalized spacial score (nSPS) is 23.9. The van der Waals surface area contributed by atoms with Crippen LogP contribution < -0.4 is 10.8 Å². The Hall–Kier alpha value is -1.90. The van der Waals surface area contributed by atoms with Crippen LogP contribution in [0.4, 0.5) is 0 Å². The molecule has 4 rings (SSSR count). The molecule has 2 aliphatic rings. The summed E-state index contributed by atoms with van der Waals surface area (Å²) in [5.74, 6) is 0.844. The molecule has 7 nitrogen and oxygen atoms in total. The number of nitrogens with one attached hydrogen (secondary N) is 1. The van der Waals surface area contributed by atoms with Crippen molar-refractivity contribution in [3.63, 3.8) is 0 Å². The van der Waals surface area contributed by atoms with Crippen molar-refractivity contribution in [3.8, 4) is 0 Å². The lowest BCUT2D eigenvalue weighted by Gasteiger charge is -2.32. The lowest BCUT2D eigenvalue weighted by Crippen LogP contribution is -2.41. The van der Waals surface area contributed by atoms with E-state index in [-0.39, 0.29) is 23.2 Å². The molecule has 8 heteroatoms. The SMILES string of the molecule is CN1C(=O)CC[C@H]1CNCc1nc2cc(B3OC(C)(C)C(C)(C)O3)ccc2o1. The molecule has 0 bridgehead atoms. The first kappa shape index (κ1) is 19.4. The van der Waals surface area contributed by atoms with Gasteiger partial charge in [0.05, 0.1) is 17.7 Å². The van der Waals surface area contributed by atoms with Gasteiger partial charge in [0.25, 0.3) is 0 Å². The van der Waals surface area contributed by atoms with Gasteiger partial charge in [-0.1, -0.05) is 6.07 Å². The van der Waals surface area contributed by atoms with E-state index in [1.807, 2.05) is 57.8 Å². The summed E-state index contributed by atoms with van der Waals surface area (Å²) in [6.45, 7) is 9.43. The summed E-state index contributed by atoms with van der Waals surface area (Å²) in [4.78, 5) is 18.0. The maximum Gasteiger partial charge on any atom is 0.494 e. The molecule has 0 unspecified atom stereocenters. The zero-order chi connectivity index (χ0) is 20.1. The number of benzene rings is 1. The molecule has 2 fully saturated rings. The first-order valence-corrected chi connectivity index (χ1v) is 9.88. The van der Waals surface area contributed by atoms with Crippen LogP contribution in [0, 0.1) is 0 Å². The number of hydrogen-bond donors (Lipinski definition) is 1. The van der Waals surface area contributed by atoms with Crippen LogP contribution in [0.3, 0.4) is 0 Å². The minimum absolute atomic E-state index is 0.212. The molecule has 2 aromatic rings. The van der Waals surface area contributed by atoms with Gasteiger partial charge in [0, 0.05) is 26.1 Å². The monoisotopic (exact) mass is 385 g/mol. The van der Waals surface area contributed by atoms with Gasteiger partial charge in [-0.3, -0.25) is 4.79 Å². The van der Waals surface area contributed by atoms with Gasteiger partial charge in [-0.25, -0.2) is 4.98 Å². The Labute approximate surface area is 165 Å². The Kier molecular flexibility index (Phi) is 4.76. The van der Waals surface area contributed by atoms with Crippen LogP contribution in [-0.2, 0) is 20.6 Å². The van der Waals surface area contributed by atoms with E-state index in [2.05, 4.69) is 10.3 Å². The van der Waals surface area contributed by atoms with Crippen LogP contribution in [0.15, 0.2) is 22.6 Å². The number of rotatable bonds is 5. The number of aromatic nitrogens is 1. The summed E-state index contributed by atoms with van der Waals surface area (Å²) in [5, 5.41) is 3.35. The van der Waals surface area contributed by atoms with E-state index >= 15 is 0 Å². The van der Waals surface area contributed by atoms with Gasteiger partial charge in [-0.2, -0.15) is 0 Å². The quantitative estimate of drug-likeness (QED) is 0.792. The molecule has 150 valence electrons. The molecular formula is C20H28BN3O4. The zero-order valence-electron chi connectivity index (χ0n) is 17.2. The van der Waals surface area contributed by atoms with Crippen LogP contribution in [0.25, 0.3) is 11.1 Å². The number of fused-ring (bicyclic) bond motifs is 1. The maximum absolute atomic E-state index is 11.6. The average molecular weight is 385 g/mol. The van der Waals surface area contributed by atoms with Crippen molar-refractivity contribution >= 4 is 29.6 Å². The van der Waals surface area contributed by atoms with Crippen LogP contribution in [0.5, 0.6) is 0 Å². The first-order valence-electron chi connectivity index (χ1n) is 9.88. The molecule has 2 saturated heterocycles. The van der Waals surface area contributed by atoms with Crippen molar-refractivity contribution in [1.29, 1.82) is 0 Å². The molecule has 0 radical (unpaired) electrons.